The largest absolute Gasteiger partial charge is 0.480 e. The Balaban J connectivity index is 3.63. The fraction of sp³-hybridized carbons (Fsp3) is 0.500. The fourth-order valence-corrected chi connectivity index (χ4v) is 0.416. The highest BCUT2D eigenvalue weighted by atomic mass is 35.5. The second-order valence-corrected chi connectivity index (χ2v) is 2.00. The summed E-state index contributed by atoms with van der Waals surface area (Å²) in [6, 6.07) is 0. The average Bonchev–Trinajstić information content (AvgIpc) is 1.63. The smallest absolute Gasteiger partial charge is 0.322 e. The molecule has 5 heteroatoms. The van der Waals surface area contributed by atoms with Crippen LogP contribution in [0.3, 0.4) is 0 Å². The Morgan fingerprint density at radius 2 is 2.11 bits per heavy atom. The molecular formula is C4H6ClNO3. The minimum atomic E-state index is -1.23. The van der Waals surface area contributed by atoms with Crippen LogP contribution < -0.4 is 5.73 Å². The summed E-state index contributed by atoms with van der Waals surface area (Å²) in [6.45, 7) is 0. The molecule has 0 aromatic carbocycles. The quantitative estimate of drug-likeness (QED) is 0.537. The zero-order chi connectivity index (χ0) is 7.44. The van der Waals surface area contributed by atoms with Gasteiger partial charge in [-0.1, -0.05) is 0 Å². The van der Waals surface area contributed by atoms with Crippen molar-refractivity contribution in [2.24, 2.45) is 5.73 Å². The van der Waals surface area contributed by atoms with Crippen LogP contribution in [-0.2, 0) is 9.59 Å². The number of aliphatic carboxylic acids is 1. The number of hydrogen-bond acceptors (Lipinski definition) is 2. The van der Waals surface area contributed by atoms with E-state index >= 15 is 0 Å². The molecule has 0 aromatic rings. The second kappa shape index (κ2) is 3.29. The minimum absolute atomic E-state index is 0.323. The molecule has 4 nitrogen and oxygen atoms in total. The lowest BCUT2D eigenvalue weighted by Gasteiger charge is -1.97. The zero-order valence-corrected chi connectivity index (χ0v) is 5.26. The molecule has 3 N–H and O–H groups in total. The lowest BCUT2D eigenvalue weighted by atomic mass is 10.3. The number of carbonyl (C=O) groups is 2. The van der Waals surface area contributed by atoms with Gasteiger partial charge in [0, 0.05) is 0 Å². The van der Waals surface area contributed by atoms with E-state index in [1.54, 1.807) is 0 Å². The highest BCUT2D eigenvalue weighted by Gasteiger charge is 2.15. The molecule has 0 aromatic heterocycles. The van der Waals surface area contributed by atoms with Crippen LogP contribution in [0.4, 0.5) is 0 Å². The molecule has 9 heavy (non-hydrogen) atoms. The highest BCUT2D eigenvalue weighted by Crippen LogP contribution is 1.99. The third-order valence-electron chi connectivity index (χ3n) is 0.648. The Hall–Kier alpha value is -0.770. The van der Waals surface area contributed by atoms with Gasteiger partial charge in [0.15, 0.2) is 0 Å². The predicted octanol–water partition coefficient (Wildman–Crippen LogP) is -0.446. The number of halogens is 1. The minimum Gasteiger partial charge on any atom is -0.480 e. The van der Waals surface area contributed by atoms with E-state index in [0.29, 0.717) is 0 Å². The molecule has 0 rings (SSSR count). The van der Waals surface area contributed by atoms with Crippen molar-refractivity contribution in [3.05, 3.63) is 0 Å². The Morgan fingerprint density at radius 1 is 1.67 bits per heavy atom. The van der Waals surface area contributed by atoms with E-state index in [1.807, 2.05) is 0 Å². The van der Waals surface area contributed by atoms with Gasteiger partial charge in [0.25, 0.3) is 0 Å². The van der Waals surface area contributed by atoms with E-state index in [1.165, 1.54) is 0 Å². The maximum absolute atomic E-state index is 9.99. The molecule has 0 aliphatic heterocycles. The van der Waals surface area contributed by atoms with Gasteiger partial charge in [0.05, 0.1) is 6.42 Å². The van der Waals surface area contributed by atoms with Crippen molar-refractivity contribution in [1.29, 1.82) is 0 Å². The molecule has 0 bridgehead atoms. The van der Waals surface area contributed by atoms with E-state index < -0.39 is 17.3 Å². The zero-order valence-electron chi connectivity index (χ0n) is 4.50. The molecule has 1 atom stereocenters. The molecule has 0 spiro atoms. The SMILES string of the molecule is NC(=O)C[C@H](Cl)C(=O)O. The average molecular weight is 152 g/mol. The van der Waals surface area contributed by atoms with Crippen LogP contribution in [0, 0.1) is 0 Å². The monoisotopic (exact) mass is 151 g/mol. The Kier molecular flexibility index (Phi) is 3.01. The van der Waals surface area contributed by atoms with Crippen molar-refractivity contribution in [2.45, 2.75) is 11.8 Å². The van der Waals surface area contributed by atoms with E-state index in [9.17, 15) is 9.59 Å². The maximum Gasteiger partial charge on any atom is 0.322 e. The van der Waals surface area contributed by atoms with Crippen LogP contribution in [0.2, 0.25) is 0 Å². The number of amides is 1. The second-order valence-electron chi connectivity index (χ2n) is 1.48. The topological polar surface area (TPSA) is 80.4 Å². The van der Waals surface area contributed by atoms with E-state index in [0.717, 1.165) is 0 Å². The Morgan fingerprint density at radius 3 is 2.22 bits per heavy atom. The number of alkyl halides is 1. The van der Waals surface area contributed by atoms with Gasteiger partial charge >= 0.3 is 5.97 Å². The summed E-state index contributed by atoms with van der Waals surface area (Å²) in [5, 5.41) is 6.90. The lowest BCUT2D eigenvalue weighted by Crippen LogP contribution is -2.22. The Bertz CT molecular complexity index is 136. The molecule has 0 aliphatic rings. The lowest BCUT2D eigenvalue weighted by molar-refractivity contribution is -0.138. The predicted molar refractivity (Wildman–Crippen MR) is 31.1 cm³/mol. The first kappa shape index (κ1) is 8.23. The van der Waals surface area contributed by atoms with Gasteiger partial charge in [-0.15, -0.1) is 11.6 Å². The van der Waals surface area contributed by atoms with Crippen molar-refractivity contribution in [3.8, 4) is 0 Å². The molecule has 0 saturated carbocycles. The number of nitrogens with two attached hydrogens (primary N) is 1. The summed E-state index contributed by atoms with van der Waals surface area (Å²) in [5.74, 6) is -1.94. The first-order chi connectivity index (χ1) is 4.04. The molecule has 0 aliphatic carbocycles. The standard InChI is InChI=1S/C4H6ClNO3/c5-2(4(8)9)1-3(6)7/h2H,1H2,(H2,6,7)(H,8,9)/t2-/m0/s1. The summed E-state index contributed by atoms with van der Waals surface area (Å²) in [7, 11) is 0. The number of carbonyl (C=O) groups excluding carboxylic acids is 1. The van der Waals surface area contributed by atoms with Crippen molar-refractivity contribution in [2.75, 3.05) is 0 Å². The molecule has 0 fully saturated rings. The van der Waals surface area contributed by atoms with E-state index in [-0.39, 0.29) is 6.42 Å². The molecule has 0 saturated heterocycles. The third kappa shape index (κ3) is 3.78. The number of carboxylic acid groups (broad SMARTS) is 1. The van der Waals surface area contributed by atoms with Crippen LogP contribution in [0.25, 0.3) is 0 Å². The fourth-order valence-electron chi connectivity index (χ4n) is 0.264. The first-order valence-electron chi connectivity index (χ1n) is 2.19. The van der Waals surface area contributed by atoms with Crippen LogP contribution in [0.15, 0.2) is 0 Å². The van der Waals surface area contributed by atoms with Crippen LogP contribution in [-0.4, -0.2) is 22.4 Å². The van der Waals surface area contributed by atoms with Gasteiger partial charge in [-0.3, -0.25) is 9.59 Å². The number of hydrogen-bond donors (Lipinski definition) is 2. The summed E-state index contributed by atoms with van der Waals surface area (Å²) < 4.78 is 0. The maximum atomic E-state index is 9.99. The molecular weight excluding hydrogens is 146 g/mol. The van der Waals surface area contributed by atoms with E-state index in [2.05, 4.69) is 5.73 Å². The summed E-state index contributed by atoms with van der Waals surface area (Å²) in [5.41, 5.74) is 4.64. The molecule has 0 radical (unpaired) electrons. The third-order valence-corrected chi connectivity index (χ3v) is 0.989. The summed E-state index contributed by atoms with van der Waals surface area (Å²) >= 11 is 5.11. The number of primary amides is 1. The van der Waals surface area contributed by atoms with Crippen molar-refractivity contribution in [3.63, 3.8) is 0 Å². The molecule has 52 valence electrons. The molecule has 0 unspecified atom stereocenters. The van der Waals surface area contributed by atoms with Gasteiger partial charge in [0.1, 0.15) is 5.38 Å². The normalized spacial score (nSPS) is 12.6. The van der Waals surface area contributed by atoms with Gasteiger partial charge < -0.3 is 10.8 Å². The van der Waals surface area contributed by atoms with Crippen LogP contribution in [0.5, 0.6) is 0 Å². The van der Waals surface area contributed by atoms with E-state index in [4.69, 9.17) is 16.7 Å². The van der Waals surface area contributed by atoms with Gasteiger partial charge in [-0.2, -0.15) is 0 Å². The van der Waals surface area contributed by atoms with Crippen molar-refractivity contribution >= 4 is 23.5 Å². The van der Waals surface area contributed by atoms with Crippen LogP contribution >= 0.6 is 11.6 Å². The number of rotatable bonds is 3. The van der Waals surface area contributed by atoms with Crippen molar-refractivity contribution in [1.82, 2.24) is 0 Å². The van der Waals surface area contributed by atoms with Crippen molar-refractivity contribution < 1.29 is 14.7 Å². The summed E-state index contributed by atoms with van der Waals surface area (Å²) in [4.78, 5) is 19.9. The van der Waals surface area contributed by atoms with Crippen LogP contribution in [0.1, 0.15) is 6.42 Å². The van der Waals surface area contributed by atoms with Gasteiger partial charge in [-0.05, 0) is 0 Å². The summed E-state index contributed by atoms with van der Waals surface area (Å²) in [6.07, 6.45) is -0.323. The Labute approximate surface area is 56.6 Å². The van der Waals surface area contributed by atoms with Gasteiger partial charge in [-0.25, -0.2) is 0 Å². The number of carboxylic acids is 1. The molecule has 1 amide bonds. The first-order valence-corrected chi connectivity index (χ1v) is 2.63. The van der Waals surface area contributed by atoms with Gasteiger partial charge in [0.2, 0.25) is 5.91 Å². The molecule has 0 heterocycles. The highest BCUT2D eigenvalue weighted by molar-refractivity contribution is 6.30.